The Morgan fingerprint density at radius 1 is 1.38 bits per heavy atom. The van der Waals surface area contributed by atoms with Gasteiger partial charge < -0.3 is 24.5 Å². The molecule has 1 N–H and O–H groups in total. The van der Waals surface area contributed by atoms with Crippen molar-refractivity contribution >= 4 is 12.0 Å². The van der Waals surface area contributed by atoms with Gasteiger partial charge in [-0.2, -0.15) is 0 Å². The molecule has 0 aromatic rings. The zero-order valence-electron chi connectivity index (χ0n) is 13.0. The first-order valence-corrected chi connectivity index (χ1v) is 7.37. The molecule has 120 valence electrons. The van der Waals surface area contributed by atoms with Gasteiger partial charge in [0.25, 0.3) is 0 Å². The molecule has 0 aromatic carbocycles. The number of likely N-dealkylation sites (tertiary alicyclic amines) is 2. The van der Waals surface area contributed by atoms with Crippen LogP contribution in [0.25, 0.3) is 0 Å². The van der Waals surface area contributed by atoms with Gasteiger partial charge in [-0.15, -0.1) is 0 Å². The van der Waals surface area contributed by atoms with Gasteiger partial charge >= 0.3 is 12.0 Å². The third-order valence-corrected chi connectivity index (χ3v) is 4.06. The topological polar surface area (TPSA) is 73.3 Å². The zero-order valence-corrected chi connectivity index (χ0v) is 13.0. The molecule has 2 saturated heterocycles. The molecule has 2 aliphatic rings. The van der Waals surface area contributed by atoms with Crippen molar-refractivity contribution in [3.8, 4) is 0 Å². The highest BCUT2D eigenvalue weighted by molar-refractivity contribution is 5.76. The largest absolute Gasteiger partial charge is 0.480 e. The SMILES string of the molecule is CN(C)CC1CCCN1C(=O)N1CC(C)(OCC(=O)O)C1. The van der Waals surface area contributed by atoms with Crippen LogP contribution in [-0.2, 0) is 9.53 Å². The van der Waals surface area contributed by atoms with Gasteiger partial charge in [-0.3, -0.25) is 0 Å². The van der Waals surface area contributed by atoms with Crippen molar-refractivity contribution in [2.45, 2.75) is 31.4 Å². The van der Waals surface area contributed by atoms with E-state index in [2.05, 4.69) is 4.90 Å². The van der Waals surface area contributed by atoms with Crippen molar-refractivity contribution < 1.29 is 19.4 Å². The summed E-state index contributed by atoms with van der Waals surface area (Å²) < 4.78 is 5.34. The minimum absolute atomic E-state index is 0.0516. The van der Waals surface area contributed by atoms with Crippen molar-refractivity contribution in [3.63, 3.8) is 0 Å². The number of nitrogens with zero attached hydrogens (tertiary/aromatic N) is 3. The monoisotopic (exact) mass is 299 g/mol. The van der Waals surface area contributed by atoms with Crippen LogP contribution in [0.4, 0.5) is 4.79 Å². The third kappa shape index (κ3) is 3.85. The maximum absolute atomic E-state index is 12.5. The predicted molar refractivity (Wildman–Crippen MR) is 77.2 cm³/mol. The van der Waals surface area contributed by atoms with Crippen LogP contribution in [0, 0.1) is 0 Å². The Bertz CT molecular complexity index is 407. The molecule has 2 amide bonds. The summed E-state index contributed by atoms with van der Waals surface area (Å²) in [7, 11) is 4.03. The molecule has 0 aromatic heterocycles. The lowest BCUT2D eigenvalue weighted by Crippen LogP contribution is -2.66. The Labute approximate surface area is 125 Å². The van der Waals surface area contributed by atoms with Gasteiger partial charge in [0.2, 0.25) is 0 Å². The number of carboxylic acid groups (broad SMARTS) is 1. The number of carbonyl (C=O) groups is 2. The molecule has 2 rings (SSSR count). The van der Waals surface area contributed by atoms with Crippen LogP contribution in [0.3, 0.4) is 0 Å². The smallest absolute Gasteiger partial charge is 0.329 e. The number of ether oxygens (including phenoxy) is 1. The third-order valence-electron chi connectivity index (χ3n) is 4.06. The highest BCUT2D eigenvalue weighted by Crippen LogP contribution is 2.28. The normalized spacial score (nSPS) is 24.3. The molecule has 0 spiro atoms. The number of rotatable bonds is 5. The van der Waals surface area contributed by atoms with Crippen molar-refractivity contribution in [2.75, 3.05) is 46.9 Å². The van der Waals surface area contributed by atoms with Gasteiger partial charge in [0.05, 0.1) is 13.1 Å². The van der Waals surface area contributed by atoms with E-state index < -0.39 is 11.6 Å². The Kier molecular flexibility index (Phi) is 4.73. The minimum atomic E-state index is -0.980. The van der Waals surface area contributed by atoms with E-state index >= 15 is 0 Å². The van der Waals surface area contributed by atoms with Crippen LogP contribution >= 0.6 is 0 Å². The van der Waals surface area contributed by atoms with Crippen LogP contribution in [-0.4, -0.2) is 90.3 Å². The molecule has 1 atom stereocenters. The lowest BCUT2D eigenvalue weighted by Gasteiger charge is -2.48. The fourth-order valence-electron chi connectivity index (χ4n) is 3.10. The van der Waals surface area contributed by atoms with E-state index in [1.54, 1.807) is 4.90 Å². The Morgan fingerprint density at radius 2 is 2.05 bits per heavy atom. The number of hydrogen-bond acceptors (Lipinski definition) is 4. The quantitative estimate of drug-likeness (QED) is 0.791. The Morgan fingerprint density at radius 3 is 2.62 bits per heavy atom. The Hall–Kier alpha value is -1.34. The summed E-state index contributed by atoms with van der Waals surface area (Å²) >= 11 is 0. The average molecular weight is 299 g/mol. The van der Waals surface area contributed by atoms with Crippen LogP contribution in [0.15, 0.2) is 0 Å². The van der Waals surface area contributed by atoms with Crippen molar-refractivity contribution in [3.05, 3.63) is 0 Å². The van der Waals surface area contributed by atoms with E-state index in [1.165, 1.54) is 0 Å². The second-order valence-electron chi connectivity index (χ2n) is 6.52. The van der Waals surface area contributed by atoms with Crippen molar-refractivity contribution in [2.24, 2.45) is 0 Å². The van der Waals surface area contributed by atoms with Crippen molar-refractivity contribution in [1.29, 1.82) is 0 Å². The van der Waals surface area contributed by atoms with Crippen LogP contribution in [0.1, 0.15) is 19.8 Å². The summed E-state index contributed by atoms with van der Waals surface area (Å²) in [4.78, 5) is 28.8. The fourth-order valence-corrected chi connectivity index (χ4v) is 3.10. The number of likely N-dealkylation sites (N-methyl/N-ethyl adjacent to an activating group) is 1. The summed E-state index contributed by atoms with van der Waals surface area (Å²) in [6.07, 6.45) is 2.09. The maximum Gasteiger partial charge on any atom is 0.329 e. The predicted octanol–water partition coefficient (Wildman–Crippen LogP) is 0.308. The summed E-state index contributed by atoms with van der Waals surface area (Å²) in [6, 6.07) is 0.329. The molecule has 2 fully saturated rings. The summed E-state index contributed by atoms with van der Waals surface area (Å²) in [6.45, 7) is 4.15. The van der Waals surface area contributed by atoms with Gasteiger partial charge in [0.1, 0.15) is 12.2 Å². The minimum Gasteiger partial charge on any atom is -0.480 e. The van der Waals surface area contributed by atoms with Gasteiger partial charge in [-0.25, -0.2) is 9.59 Å². The number of carbonyl (C=O) groups excluding carboxylic acids is 1. The van der Waals surface area contributed by atoms with E-state index in [-0.39, 0.29) is 18.7 Å². The molecule has 0 saturated carbocycles. The number of amides is 2. The first-order valence-electron chi connectivity index (χ1n) is 7.37. The molecule has 0 bridgehead atoms. The standard InChI is InChI=1S/C14H25N3O4/c1-14(21-8-12(18)19)9-16(10-14)13(20)17-6-4-5-11(17)7-15(2)3/h11H,4-10H2,1-3H3,(H,18,19). The number of urea groups is 1. The second-order valence-corrected chi connectivity index (χ2v) is 6.52. The zero-order chi connectivity index (χ0) is 15.6. The van der Waals surface area contributed by atoms with Crippen LogP contribution < -0.4 is 0 Å². The summed E-state index contributed by atoms with van der Waals surface area (Å²) in [5.41, 5.74) is -0.523. The van der Waals surface area contributed by atoms with E-state index in [1.807, 2.05) is 25.9 Å². The molecule has 2 aliphatic heterocycles. The van der Waals surface area contributed by atoms with Gasteiger partial charge in [-0.1, -0.05) is 0 Å². The van der Waals surface area contributed by atoms with Crippen molar-refractivity contribution in [1.82, 2.24) is 14.7 Å². The van der Waals surface area contributed by atoms with E-state index in [0.29, 0.717) is 13.1 Å². The average Bonchev–Trinajstić information content (AvgIpc) is 2.79. The van der Waals surface area contributed by atoms with Gasteiger partial charge in [-0.05, 0) is 33.9 Å². The molecule has 2 heterocycles. The molecule has 21 heavy (non-hydrogen) atoms. The van der Waals surface area contributed by atoms with Crippen LogP contribution in [0.5, 0.6) is 0 Å². The highest BCUT2D eigenvalue weighted by atomic mass is 16.5. The highest BCUT2D eigenvalue weighted by Gasteiger charge is 2.45. The summed E-state index contributed by atoms with van der Waals surface area (Å²) in [5, 5.41) is 8.64. The molecular weight excluding hydrogens is 274 g/mol. The summed E-state index contributed by atoms with van der Waals surface area (Å²) in [5.74, 6) is -0.980. The van der Waals surface area contributed by atoms with E-state index in [9.17, 15) is 9.59 Å². The van der Waals surface area contributed by atoms with Gasteiger partial charge in [0.15, 0.2) is 0 Å². The first kappa shape index (κ1) is 16.0. The molecule has 0 aliphatic carbocycles. The lowest BCUT2D eigenvalue weighted by molar-refractivity contribution is -0.160. The number of hydrogen-bond donors (Lipinski definition) is 1. The fraction of sp³-hybridized carbons (Fsp3) is 0.857. The number of aliphatic carboxylic acids is 1. The number of carboxylic acids is 1. The van der Waals surface area contributed by atoms with E-state index in [4.69, 9.17) is 9.84 Å². The van der Waals surface area contributed by atoms with Crippen LogP contribution in [0.2, 0.25) is 0 Å². The second kappa shape index (κ2) is 6.19. The first-order chi connectivity index (χ1) is 9.81. The Balaban J connectivity index is 1.84. The molecule has 1 unspecified atom stereocenters. The van der Waals surface area contributed by atoms with Gasteiger partial charge in [0, 0.05) is 19.1 Å². The lowest BCUT2D eigenvalue weighted by atomic mass is 9.97. The molecular formula is C14H25N3O4. The maximum atomic E-state index is 12.5. The molecule has 0 radical (unpaired) electrons. The molecule has 7 nitrogen and oxygen atoms in total. The van der Waals surface area contributed by atoms with E-state index in [0.717, 1.165) is 25.9 Å². The molecule has 7 heteroatoms.